The summed E-state index contributed by atoms with van der Waals surface area (Å²) in [6.45, 7) is 4.18. The fraction of sp³-hybridized carbons (Fsp3) is 0.867. The van der Waals surface area contributed by atoms with Gasteiger partial charge >= 0.3 is 6.01 Å². The van der Waals surface area contributed by atoms with Crippen molar-refractivity contribution in [1.82, 2.24) is 10.1 Å². The third-order valence-corrected chi connectivity index (χ3v) is 5.87. The van der Waals surface area contributed by atoms with Crippen LogP contribution in [0.4, 0.5) is 6.01 Å². The molecule has 4 aliphatic rings. The summed E-state index contributed by atoms with van der Waals surface area (Å²) in [6.07, 6.45) is 8.68. The van der Waals surface area contributed by atoms with Gasteiger partial charge in [-0.1, -0.05) is 5.16 Å². The first-order valence-corrected chi connectivity index (χ1v) is 7.70. The molecule has 1 unspecified atom stereocenters. The van der Waals surface area contributed by atoms with Gasteiger partial charge in [-0.2, -0.15) is 4.98 Å². The van der Waals surface area contributed by atoms with Crippen LogP contribution in [-0.4, -0.2) is 16.2 Å². The Kier molecular flexibility index (Phi) is 2.45. The molecule has 1 atom stereocenters. The Morgan fingerprint density at radius 3 is 2.21 bits per heavy atom. The summed E-state index contributed by atoms with van der Waals surface area (Å²) in [6, 6.07) is 1.04. The van der Waals surface area contributed by atoms with Crippen LogP contribution in [0.5, 0.6) is 0 Å². The minimum atomic E-state index is 0.445. The molecule has 4 bridgehead atoms. The van der Waals surface area contributed by atoms with Crippen molar-refractivity contribution in [3.8, 4) is 0 Å². The third-order valence-electron chi connectivity index (χ3n) is 5.87. The predicted molar refractivity (Wildman–Crippen MR) is 72.7 cm³/mol. The van der Waals surface area contributed by atoms with Crippen molar-refractivity contribution < 1.29 is 4.52 Å². The lowest BCUT2D eigenvalue weighted by atomic mass is 9.48. The zero-order valence-electron chi connectivity index (χ0n) is 11.9. The maximum atomic E-state index is 5.23. The van der Waals surface area contributed by atoms with Crippen LogP contribution in [-0.2, 0) is 0 Å². The number of nitrogens with one attached hydrogen (secondary N) is 1. The lowest BCUT2D eigenvalue weighted by Gasteiger charge is -2.59. The number of hydrogen-bond donors (Lipinski definition) is 1. The van der Waals surface area contributed by atoms with Gasteiger partial charge in [-0.05, 0) is 75.5 Å². The van der Waals surface area contributed by atoms with Gasteiger partial charge in [0.25, 0.3) is 0 Å². The fourth-order valence-electron chi connectivity index (χ4n) is 5.40. The molecule has 5 rings (SSSR count). The molecular formula is C15H23N3O. The molecule has 0 aliphatic heterocycles. The SMILES string of the molecule is Cc1noc(NC(C)C23CC4CC(CC(C4)C2)C3)n1. The monoisotopic (exact) mass is 261 g/mol. The maximum Gasteiger partial charge on any atom is 0.321 e. The van der Waals surface area contributed by atoms with E-state index in [1.165, 1.54) is 38.5 Å². The Balaban J connectivity index is 1.54. The molecule has 0 aromatic carbocycles. The second-order valence-corrected chi connectivity index (χ2v) is 7.29. The van der Waals surface area contributed by atoms with Crippen molar-refractivity contribution in [2.24, 2.45) is 23.2 Å². The minimum Gasteiger partial charge on any atom is -0.335 e. The Morgan fingerprint density at radius 1 is 1.16 bits per heavy atom. The van der Waals surface area contributed by atoms with Crippen LogP contribution in [0.1, 0.15) is 51.3 Å². The number of hydrogen-bond acceptors (Lipinski definition) is 4. The largest absolute Gasteiger partial charge is 0.335 e. The van der Waals surface area contributed by atoms with Gasteiger partial charge < -0.3 is 9.84 Å². The number of anilines is 1. The van der Waals surface area contributed by atoms with Crippen molar-refractivity contribution >= 4 is 6.01 Å². The standard InChI is InChI=1S/C15H23N3O/c1-9(16-14-17-10(2)18-19-14)15-6-11-3-12(7-15)5-13(4-11)8-15/h9,11-13H,3-8H2,1-2H3,(H,16,17,18). The highest BCUT2D eigenvalue weighted by atomic mass is 16.5. The molecule has 1 heterocycles. The second kappa shape index (κ2) is 3.97. The first kappa shape index (κ1) is 11.7. The molecule has 4 nitrogen and oxygen atoms in total. The average molecular weight is 261 g/mol. The molecule has 19 heavy (non-hydrogen) atoms. The normalized spacial score (nSPS) is 41.5. The quantitative estimate of drug-likeness (QED) is 0.906. The summed E-state index contributed by atoms with van der Waals surface area (Å²) in [7, 11) is 0. The van der Waals surface area contributed by atoms with Crippen molar-refractivity contribution in [3.05, 3.63) is 5.82 Å². The Bertz CT molecular complexity index is 446. The molecule has 0 amide bonds. The third kappa shape index (κ3) is 1.87. The van der Waals surface area contributed by atoms with Gasteiger partial charge in [0.15, 0.2) is 5.82 Å². The molecule has 4 heteroatoms. The van der Waals surface area contributed by atoms with Gasteiger partial charge in [-0.25, -0.2) is 0 Å². The van der Waals surface area contributed by atoms with E-state index in [0.29, 0.717) is 23.3 Å². The van der Waals surface area contributed by atoms with Crippen LogP contribution in [0, 0.1) is 30.1 Å². The first-order valence-electron chi connectivity index (χ1n) is 7.70. The number of aromatic nitrogens is 2. The smallest absolute Gasteiger partial charge is 0.321 e. The lowest BCUT2D eigenvalue weighted by Crippen LogP contribution is -2.52. The van der Waals surface area contributed by atoms with Crippen LogP contribution < -0.4 is 5.32 Å². The summed E-state index contributed by atoms with van der Waals surface area (Å²) in [5.41, 5.74) is 0.483. The summed E-state index contributed by atoms with van der Waals surface area (Å²) >= 11 is 0. The van der Waals surface area contributed by atoms with Crippen LogP contribution in [0.15, 0.2) is 4.52 Å². The summed E-state index contributed by atoms with van der Waals surface area (Å²) < 4.78 is 5.23. The van der Waals surface area contributed by atoms with Gasteiger partial charge in [-0.3, -0.25) is 0 Å². The topological polar surface area (TPSA) is 51.0 Å². The zero-order valence-corrected chi connectivity index (χ0v) is 11.9. The van der Waals surface area contributed by atoms with E-state index in [1.54, 1.807) is 0 Å². The maximum absolute atomic E-state index is 5.23. The van der Waals surface area contributed by atoms with Gasteiger partial charge in [0.1, 0.15) is 0 Å². The molecule has 0 spiro atoms. The molecule has 1 N–H and O–H groups in total. The van der Waals surface area contributed by atoms with Crippen LogP contribution in [0.2, 0.25) is 0 Å². The predicted octanol–water partition coefficient (Wildman–Crippen LogP) is 3.39. The molecule has 4 aliphatic carbocycles. The summed E-state index contributed by atoms with van der Waals surface area (Å²) in [4.78, 5) is 4.29. The van der Waals surface area contributed by atoms with Crippen molar-refractivity contribution in [2.75, 3.05) is 5.32 Å². The summed E-state index contributed by atoms with van der Waals surface area (Å²) in [5.74, 6) is 3.67. The molecule has 0 radical (unpaired) electrons. The van der Waals surface area contributed by atoms with Crippen LogP contribution >= 0.6 is 0 Å². The van der Waals surface area contributed by atoms with Crippen LogP contribution in [0.25, 0.3) is 0 Å². The van der Waals surface area contributed by atoms with E-state index in [4.69, 9.17) is 4.52 Å². The number of aryl methyl sites for hydroxylation is 1. The van der Waals surface area contributed by atoms with Gasteiger partial charge in [0, 0.05) is 6.04 Å². The fourth-order valence-corrected chi connectivity index (χ4v) is 5.40. The Morgan fingerprint density at radius 2 is 1.74 bits per heavy atom. The highest BCUT2D eigenvalue weighted by Gasteiger charge is 2.53. The molecule has 104 valence electrons. The van der Waals surface area contributed by atoms with Crippen molar-refractivity contribution in [2.45, 2.75) is 58.4 Å². The molecule has 4 saturated carbocycles. The highest BCUT2D eigenvalue weighted by Crippen LogP contribution is 2.61. The summed E-state index contributed by atoms with van der Waals surface area (Å²) in [5, 5.41) is 7.35. The molecule has 1 aromatic heterocycles. The minimum absolute atomic E-state index is 0.445. The molecule has 1 aromatic rings. The van der Waals surface area contributed by atoms with E-state index < -0.39 is 0 Å². The van der Waals surface area contributed by atoms with Gasteiger partial charge in [0.2, 0.25) is 0 Å². The molecule has 4 fully saturated rings. The zero-order chi connectivity index (χ0) is 13.0. The van der Waals surface area contributed by atoms with Crippen molar-refractivity contribution in [3.63, 3.8) is 0 Å². The Hall–Kier alpha value is -1.06. The van der Waals surface area contributed by atoms with E-state index >= 15 is 0 Å². The first-order chi connectivity index (χ1) is 9.13. The van der Waals surface area contributed by atoms with Crippen molar-refractivity contribution in [1.29, 1.82) is 0 Å². The van der Waals surface area contributed by atoms with E-state index in [1.807, 2.05) is 6.92 Å². The van der Waals surface area contributed by atoms with E-state index in [-0.39, 0.29) is 0 Å². The van der Waals surface area contributed by atoms with E-state index in [9.17, 15) is 0 Å². The van der Waals surface area contributed by atoms with Gasteiger partial charge in [-0.15, -0.1) is 0 Å². The van der Waals surface area contributed by atoms with E-state index in [0.717, 1.165) is 17.8 Å². The van der Waals surface area contributed by atoms with Gasteiger partial charge in [0.05, 0.1) is 0 Å². The average Bonchev–Trinajstić information content (AvgIpc) is 2.73. The van der Waals surface area contributed by atoms with E-state index in [2.05, 4.69) is 22.4 Å². The lowest BCUT2D eigenvalue weighted by molar-refractivity contribution is -0.0606. The molecular weight excluding hydrogens is 238 g/mol. The number of rotatable bonds is 3. The Labute approximate surface area is 114 Å². The number of nitrogens with zero attached hydrogens (tertiary/aromatic N) is 2. The second-order valence-electron chi connectivity index (χ2n) is 7.29. The van der Waals surface area contributed by atoms with Crippen LogP contribution in [0.3, 0.4) is 0 Å². The molecule has 0 saturated heterocycles. The highest BCUT2D eigenvalue weighted by molar-refractivity contribution is 5.23.